The fourth-order valence-electron chi connectivity index (χ4n) is 6.72. The summed E-state index contributed by atoms with van der Waals surface area (Å²) >= 11 is 0. The van der Waals surface area contributed by atoms with Gasteiger partial charge < -0.3 is 18.3 Å². The molecule has 2 aromatic heterocycles. The van der Waals surface area contributed by atoms with Gasteiger partial charge in [-0.05, 0) is 95.1 Å². The van der Waals surface area contributed by atoms with E-state index in [0.29, 0.717) is 24.3 Å². The minimum Gasteiger partial charge on any atom is -0.456 e. The Kier molecular flexibility index (Phi) is 9.33. The van der Waals surface area contributed by atoms with Crippen molar-refractivity contribution in [2.45, 2.75) is 90.9 Å². The molecule has 246 valence electrons. The monoisotopic (exact) mass is 642 g/mol. The van der Waals surface area contributed by atoms with E-state index in [0.717, 1.165) is 104 Å². The first-order chi connectivity index (χ1) is 23.5. The number of hydrogen-bond donors (Lipinski definition) is 0. The zero-order valence-electron chi connectivity index (χ0n) is 27.9. The van der Waals surface area contributed by atoms with Crippen molar-refractivity contribution in [1.29, 1.82) is 0 Å². The maximum Gasteiger partial charge on any atom is 0.311 e. The number of hydrogen-bond acceptors (Lipinski definition) is 6. The fraction of sp³-hybridized carbons (Fsp3) is 0.333. The quantitative estimate of drug-likeness (QED) is 0.0667. The van der Waals surface area contributed by atoms with E-state index >= 15 is 0 Å². The normalized spacial score (nSPS) is 11.9. The van der Waals surface area contributed by atoms with Gasteiger partial charge in [0, 0.05) is 34.4 Å². The summed E-state index contributed by atoms with van der Waals surface area (Å²) in [5.41, 5.74) is 3.09. The number of furan rings is 2. The highest BCUT2D eigenvalue weighted by Crippen LogP contribution is 2.40. The summed E-state index contributed by atoms with van der Waals surface area (Å²) in [4.78, 5) is 24.8. The molecule has 0 atom stereocenters. The first kappa shape index (κ1) is 31.7. The van der Waals surface area contributed by atoms with E-state index in [1.54, 1.807) is 0 Å². The van der Waals surface area contributed by atoms with E-state index in [-0.39, 0.29) is 11.9 Å². The minimum atomic E-state index is -0.189. The lowest BCUT2D eigenvalue weighted by Gasteiger charge is -2.06. The predicted octanol–water partition coefficient (Wildman–Crippen LogP) is 12.3. The highest BCUT2D eigenvalue weighted by Gasteiger charge is 2.16. The van der Waals surface area contributed by atoms with E-state index in [4.69, 9.17) is 18.3 Å². The second-order valence-corrected chi connectivity index (χ2v) is 13.0. The Labute approximate surface area is 279 Å². The zero-order chi connectivity index (χ0) is 33.0. The predicted molar refractivity (Wildman–Crippen MR) is 194 cm³/mol. The van der Waals surface area contributed by atoms with Gasteiger partial charge in [-0.15, -0.1) is 0 Å². The molecule has 0 unspecified atom stereocenters. The number of fused-ring (bicyclic) bond motifs is 8. The molecule has 6 nitrogen and oxygen atoms in total. The van der Waals surface area contributed by atoms with E-state index in [1.165, 1.54) is 25.7 Å². The molecule has 0 aliphatic carbocycles. The molecule has 0 bridgehead atoms. The third kappa shape index (κ3) is 6.75. The van der Waals surface area contributed by atoms with Gasteiger partial charge in [0.2, 0.25) is 0 Å². The largest absolute Gasteiger partial charge is 0.456 e. The molecule has 0 saturated carbocycles. The van der Waals surface area contributed by atoms with Crippen molar-refractivity contribution in [2.75, 3.05) is 0 Å². The topological polar surface area (TPSA) is 78.9 Å². The molecular weight excluding hydrogens is 600 g/mol. The van der Waals surface area contributed by atoms with Crippen LogP contribution in [0, 0.1) is 0 Å². The van der Waals surface area contributed by atoms with Crippen molar-refractivity contribution in [3.05, 3.63) is 72.8 Å². The molecule has 0 spiro atoms. The zero-order valence-corrected chi connectivity index (χ0v) is 27.9. The Morgan fingerprint density at radius 2 is 0.854 bits per heavy atom. The highest BCUT2D eigenvalue weighted by molar-refractivity contribution is 6.18. The molecule has 0 radical (unpaired) electrons. The molecule has 2 heterocycles. The van der Waals surface area contributed by atoms with Crippen molar-refractivity contribution in [1.82, 2.24) is 0 Å². The first-order valence-corrected chi connectivity index (χ1v) is 17.6. The van der Waals surface area contributed by atoms with Crippen LogP contribution in [-0.4, -0.2) is 11.9 Å². The van der Waals surface area contributed by atoms with Gasteiger partial charge in [-0.3, -0.25) is 9.59 Å². The van der Waals surface area contributed by atoms with Crippen molar-refractivity contribution in [3.63, 3.8) is 0 Å². The minimum absolute atomic E-state index is 0.189. The summed E-state index contributed by atoms with van der Waals surface area (Å²) < 4.78 is 24.1. The van der Waals surface area contributed by atoms with Gasteiger partial charge in [0.25, 0.3) is 0 Å². The van der Waals surface area contributed by atoms with Crippen LogP contribution in [0.3, 0.4) is 0 Å². The van der Waals surface area contributed by atoms with Crippen LogP contribution in [0.1, 0.15) is 90.9 Å². The first-order valence-electron chi connectivity index (χ1n) is 17.6. The standard InChI is InChI=1S/C42H42O6/c1-3-5-7-9-11-13-41(43)45-31-17-15-27-21-33-35-25-40-36(26-39(35)47-37(33)23-29(27)19-31)34-22-28-16-18-32(20-30(28)24-38(34)48-40)46-42(44)14-12-10-8-6-4-2/h15-26H,3-14H2,1-2H3. The van der Waals surface area contributed by atoms with Gasteiger partial charge in [-0.1, -0.05) is 77.3 Å². The average molecular weight is 643 g/mol. The third-order valence-corrected chi connectivity index (χ3v) is 9.35. The molecule has 0 N–H and O–H groups in total. The highest BCUT2D eigenvalue weighted by atomic mass is 16.5. The van der Waals surface area contributed by atoms with Crippen LogP contribution >= 0.6 is 0 Å². The van der Waals surface area contributed by atoms with Gasteiger partial charge in [-0.25, -0.2) is 0 Å². The molecular formula is C42H42O6. The molecule has 6 heteroatoms. The van der Waals surface area contributed by atoms with Gasteiger partial charge in [0.1, 0.15) is 33.8 Å². The lowest BCUT2D eigenvalue weighted by atomic mass is 10.0. The second-order valence-electron chi connectivity index (χ2n) is 13.0. The Morgan fingerprint density at radius 1 is 0.458 bits per heavy atom. The van der Waals surface area contributed by atoms with E-state index < -0.39 is 0 Å². The smallest absolute Gasteiger partial charge is 0.311 e. The average Bonchev–Trinajstić information content (AvgIpc) is 3.60. The maximum absolute atomic E-state index is 12.4. The molecule has 0 aliphatic heterocycles. The van der Waals surface area contributed by atoms with Crippen LogP contribution in [0.2, 0.25) is 0 Å². The lowest BCUT2D eigenvalue weighted by molar-refractivity contribution is -0.135. The molecule has 7 aromatic rings. The second kappa shape index (κ2) is 14.1. The van der Waals surface area contributed by atoms with Crippen molar-refractivity contribution in [2.24, 2.45) is 0 Å². The Balaban J connectivity index is 1.12. The number of ether oxygens (including phenoxy) is 2. The van der Waals surface area contributed by atoms with Crippen molar-refractivity contribution in [3.8, 4) is 11.5 Å². The third-order valence-electron chi connectivity index (χ3n) is 9.35. The summed E-state index contributed by atoms with van der Waals surface area (Å²) in [5.74, 6) is 0.725. The molecule has 0 saturated heterocycles. The maximum atomic E-state index is 12.4. The molecule has 0 amide bonds. The van der Waals surface area contributed by atoms with E-state index in [9.17, 15) is 9.59 Å². The number of esters is 2. The summed E-state index contributed by atoms with van der Waals surface area (Å²) in [6.45, 7) is 4.37. The Hall–Kier alpha value is -4.84. The lowest BCUT2D eigenvalue weighted by Crippen LogP contribution is -2.07. The van der Waals surface area contributed by atoms with Gasteiger partial charge in [0.15, 0.2) is 0 Å². The number of unbranched alkanes of at least 4 members (excludes halogenated alkanes) is 8. The van der Waals surface area contributed by atoms with Gasteiger partial charge in [0.05, 0.1) is 0 Å². The molecule has 5 aromatic carbocycles. The summed E-state index contributed by atoms with van der Waals surface area (Å²) in [6.07, 6.45) is 11.8. The van der Waals surface area contributed by atoms with Gasteiger partial charge in [-0.2, -0.15) is 0 Å². The van der Waals surface area contributed by atoms with Crippen LogP contribution in [0.15, 0.2) is 81.6 Å². The number of benzene rings is 5. The SMILES string of the molecule is CCCCCCCC(=O)Oc1ccc2cc3c(cc2c1)oc1cc2c(cc13)oc1cc3cc(OC(=O)CCCCCCC)ccc3cc12. The number of carbonyl (C=O) groups is 2. The van der Waals surface area contributed by atoms with Gasteiger partial charge >= 0.3 is 11.9 Å². The Morgan fingerprint density at radius 3 is 1.29 bits per heavy atom. The summed E-state index contributed by atoms with van der Waals surface area (Å²) in [5, 5.41) is 7.93. The molecule has 0 fully saturated rings. The van der Waals surface area contributed by atoms with E-state index in [1.807, 2.05) is 48.5 Å². The number of carbonyl (C=O) groups excluding carboxylic acids is 2. The molecule has 48 heavy (non-hydrogen) atoms. The Bertz CT molecular complexity index is 2110. The van der Waals surface area contributed by atoms with Crippen LogP contribution in [0.5, 0.6) is 11.5 Å². The van der Waals surface area contributed by atoms with E-state index in [2.05, 4.69) is 38.1 Å². The van der Waals surface area contributed by atoms with Crippen LogP contribution in [0.4, 0.5) is 0 Å². The number of rotatable bonds is 14. The summed E-state index contributed by atoms with van der Waals surface area (Å²) in [7, 11) is 0. The van der Waals surface area contributed by atoms with Crippen molar-refractivity contribution < 1.29 is 27.9 Å². The summed E-state index contributed by atoms with van der Waals surface area (Å²) in [6, 6.07) is 23.9. The van der Waals surface area contributed by atoms with Crippen LogP contribution in [-0.2, 0) is 9.59 Å². The molecule has 7 rings (SSSR count). The fourth-order valence-corrected chi connectivity index (χ4v) is 6.72. The van der Waals surface area contributed by atoms with Crippen LogP contribution < -0.4 is 9.47 Å². The van der Waals surface area contributed by atoms with Crippen molar-refractivity contribution >= 4 is 77.4 Å². The van der Waals surface area contributed by atoms with Crippen LogP contribution in [0.25, 0.3) is 65.4 Å². The molecule has 0 aliphatic rings.